The van der Waals surface area contributed by atoms with Crippen LogP contribution in [0.1, 0.15) is 96.8 Å². The highest BCUT2D eigenvalue weighted by Gasteiger charge is 2.04. The fourth-order valence-electron chi connectivity index (χ4n) is 2.78. The molecule has 22 heavy (non-hydrogen) atoms. The molecule has 0 heterocycles. The van der Waals surface area contributed by atoms with Crippen LogP contribution in [0.4, 0.5) is 0 Å². The zero-order valence-corrected chi connectivity index (χ0v) is 19.3. The first-order chi connectivity index (χ1) is 9.56. The highest BCUT2D eigenvalue weighted by atomic mass is 79.9. The van der Waals surface area contributed by atoms with Crippen LogP contribution in [0, 0.1) is 0 Å². The molecule has 0 N–H and O–H groups in total. The smallest absolute Gasteiger partial charge is 0.0780 e. The summed E-state index contributed by atoms with van der Waals surface area (Å²) in [4.78, 5) is 0. The third kappa shape index (κ3) is 25.8. The van der Waals surface area contributed by atoms with E-state index >= 15 is 0 Å². The van der Waals surface area contributed by atoms with Crippen molar-refractivity contribution in [2.45, 2.75) is 96.8 Å². The molecule has 0 fully saturated rings. The lowest BCUT2D eigenvalue weighted by molar-refractivity contribution is -0.870. The van der Waals surface area contributed by atoms with Gasteiger partial charge in [0.2, 0.25) is 0 Å². The summed E-state index contributed by atoms with van der Waals surface area (Å²) in [6, 6.07) is 0. The summed E-state index contributed by atoms with van der Waals surface area (Å²) in [5.74, 6) is 0. The Hall–Kier alpha value is 0.870. The molecule has 0 rings (SSSR count). The molecule has 0 aromatic rings. The second-order valence-corrected chi connectivity index (χ2v) is 7.61. The van der Waals surface area contributed by atoms with Gasteiger partial charge in [-0.3, -0.25) is 0 Å². The van der Waals surface area contributed by atoms with Crippen molar-refractivity contribution in [2.75, 3.05) is 27.7 Å². The van der Waals surface area contributed by atoms with Gasteiger partial charge >= 0.3 is 0 Å². The van der Waals surface area contributed by atoms with Crippen LogP contribution in [0.25, 0.3) is 0 Å². The van der Waals surface area contributed by atoms with Crippen molar-refractivity contribution in [3.8, 4) is 0 Å². The van der Waals surface area contributed by atoms with Gasteiger partial charge in [0.25, 0.3) is 0 Å². The van der Waals surface area contributed by atoms with Crippen molar-refractivity contribution in [1.29, 1.82) is 0 Å². The van der Waals surface area contributed by atoms with Crippen LogP contribution < -0.4 is 0 Å². The number of unbranched alkanes of at least 4 members (excludes halogenated alkanes) is 13. The molecule has 1 nitrogen and oxygen atoms in total. The molecule has 0 aromatic carbocycles. The maximum absolute atomic E-state index is 2.29. The standard InChI is InChI=1S/C19H42N.BrH.H3P/c1-5-6-7-8-9-10-11-12-13-14-15-16-17-18-19-20(2,3)4;;/h5-19H2,1-4H3;1H;1H3/q+1;;. The molecule has 3 heteroatoms. The van der Waals surface area contributed by atoms with E-state index in [-0.39, 0.29) is 26.9 Å². The average Bonchev–Trinajstić information content (AvgIpc) is 2.38. The molecule has 0 aliphatic rings. The summed E-state index contributed by atoms with van der Waals surface area (Å²) >= 11 is 0. The Balaban J connectivity index is -0.00000180. The van der Waals surface area contributed by atoms with E-state index in [1.54, 1.807) is 0 Å². The van der Waals surface area contributed by atoms with E-state index in [1.165, 1.54) is 96.4 Å². The van der Waals surface area contributed by atoms with Crippen LogP contribution in [0.5, 0.6) is 0 Å². The fourth-order valence-corrected chi connectivity index (χ4v) is 2.78. The van der Waals surface area contributed by atoms with Gasteiger partial charge in [0.15, 0.2) is 0 Å². The second kappa shape index (κ2) is 19.9. The quantitative estimate of drug-likeness (QED) is 0.161. The van der Waals surface area contributed by atoms with Gasteiger partial charge < -0.3 is 4.48 Å². The third-order valence-corrected chi connectivity index (χ3v) is 4.18. The van der Waals surface area contributed by atoms with Crippen molar-refractivity contribution in [3.05, 3.63) is 0 Å². The van der Waals surface area contributed by atoms with Crippen LogP contribution in [0.15, 0.2) is 0 Å². The number of quaternary nitrogens is 1. The average molecular weight is 399 g/mol. The van der Waals surface area contributed by atoms with E-state index in [1.807, 2.05) is 0 Å². The Morgan fingerprint density at radius 1 is 0.500 bits per heavy atom. The van der Waals surface area contributed by atoms with Crippen LogP contribution in [-0.4, -0.2) is 32.2 Å². The lowest BCUT2D eigenvalue weighted by atomic mass is 10.0. The Labute approximate surface area is 156 Å². The number of nitrogens with zero attached hydrogens (tertiary/aromatic N) is 1. The zero-order chi connectivity index (χ0) is 15.1. The Bertz CT molecular complexity index is 192. The summed E-state index contributed by atoms with van der Waals surface area (Å²) in [5.41, 5.74) is 0. The van der Waals surface area contributed by atoms with Crippen LogP contribution in [0.3, 0.4) is 0 Å². The molecule has 0 saturated heterocycles. The molecular weight excluding hydrogens is 353 g/mol. The van der Waals surface area contributed by atoms with Gasteiger partial charge in [-0.05, 0) is 12.8 Å². The summed E-state index contributed by atoms with van der Waals surface area (Å²) in [6.45, 7) is 3.63. The first-order valence-electron chi connectivity index (χ1n) is 9.36. The van der Waals surface area contributed by atoms with Gasteiger partial charge in [-0.25, -0.2) is 0 Å². The molecule has 0 aliphatic heterocycles. The number of hydrogen-bond acceptors (Lipinski definition) is 0. The molecule has 1 unspecified atom stereocenters. The summed E-state index contributed by atoms with van der Waals surface area (Å²) in [7, 11) is 6.88. The summed E-state index contributed by atoms with van der Waals surface area (Å²) < 4.78 is 1.12. The molecule has 1 atom stereocenters. The van der Waals surface area contributed by atoms with Crippen molar-refractivity contribution >= 4 is 26.9 Å². The predicted molar refractivity (Wildman–Crippen MR) is 115 cm³/mol. The summed E-state index contributed by atoms with van der Waals surface area (Å²) in [5, 5.41) is 0. The van der Waals surface area contributed by atoms with Gasteiger partial charge in [0.05, 0.1) is 27.7 Å². The second-order valence-electron chi connectivity index (χ2n) is 7.61. The number of rotatable bonds is 15. The van der Waals surface area contributed by atoms with Gasteiger partial charge in [-0.2, -0.15) is 9.90 Å². The Morgan fingerprint density at radius 3 is 1.05 bits per heavy atom. The van der Waals surface area contributed by atoms with Crippen LogP contribution in [-0.2, 0) is 0 Å². The van der Waals surface area contributed by atoms with Crippen molar-refractivity contribution < 1.29 is 4.48 Å². The number of halogens is 1. The minimum absolute atomic E-state index is 0. The van der Waals surface area contributed by atoms with E-state index < -0.39 is 0 Å². The lowest BCUT2D eigenvalue weighted by Gasteiger charge is -2.23. The lowest BCUT2D eigenvalue weighted by Crippen LogP contribution is -2.35. The topological polar surface area (TPSA) is 0 Å². The normalized spacial score (nSPS) is 10.9. The predicted octanol–water partition coefficient (Wildman–Crippen LogP) is 6.81. The first kappa shape index (κ1) is 27.7. The zero-order valence-electron chi connectivity index (χ0n) is 16.2. The molecule has 0 aliphatic carbocycles. The van der Waals surface area contributed by atoms with E-state index in [9.17, 15) is 0 Å². The van der Waals surface area contributed by atoms with E-state index in [0.717, 1.165) is 4.48 Å². The molecule has 0 bridgehead atoms. The maximum Gasteiger partial charge on any atom is 0.0780 e. The monoisotopic (exact) mass is 398 g/mol. The largest absolute Gasteiger partial charge is 0.331 e. The highest BCUT2D eigenvalue weighted by molar-refractivity contribution is 8.93. The molecule has 138 valence electrons. The highest BCUT2D eigenvalue weighted by Crippen LogP contribution is 2.13. The Morgan fingerprint density at radius 2 is 0.773 bits per heavy atom. The maximum atomic E-state index is 2.29. The van der Waals surface area contributed by atoms with Gasteiger partial charge in [-0.1, -0.05) is 84.0 Å². The Kier molecular flexibility index (Phi) is 25.1. The van der Waals surface area contributed by atoms with Crippen molar-refractivity contribution in [3.63, 3.8) is 0 Å². The minimum Gasteiger partial charge on any atom is -0.331 e. The van der Waals surface area contributed by atoms with E-state index in [0.29, 0.717) is 0 Å². The fraction of sp³-hybridized carbons (Fsp3) is 1.00. The molecular formula is C19H46BrNP+. The van der Waals surface area contributed by atoms with E-state index in [2.05, 4.69) is 28.1 Å². The third-order valence-electron chi connectivity index (χ3n) is 4.18. The SMILES string of the molecule is Br.CCCCCCCCCCCCCCCC[N+](C)(C)C.P. The van der Waals surface area contributed by atoms with Crippen LogP contribution >= 0.6 is 26.9 Å². The van der Waals surface area contributed by atoms with Gasteiger partial charge in [0, 0.05) is 0 Å². The van der Waals surface area contributed by atoms with Gasteiger partial charge in [0.1, 0.15) is 0 Å². The van der Waals surface area contributed by atoms with Gasteiger partial charge in [-0.15, -0.1) is 17.0 Å². The van der Waals surface area contributed by atoms with Crippen molar-refractivity contribution in [2.24, 2.45) is 0 Å². The van der Waals surface area contributed by atoms with Crippen LogP contribution in [0.2, 0.25) is 0 Å². The summed E-state index contributed by atoms with van der Waals surface area (Å²) in [6.07, 6.45) is 20.4. The molecule has 0 spiro atoms. The van der Waals surface area contributed by atoms with Crippen molar-refractivity contribution in [1.82, 2.24) is 0 Å². The molecule has 0 saturated carbocycles. The van der Waals surface area contributed by atoms with E-state index in [4.69, 9.17) is 0 Å². The molecule has 0 amide bonds. The molecule has 0 radical (unpaired) electrons. The first-order valence-corrected chi connectivity index (χ1v) is 9.36. The molecule has 0 aromatic heterocycles. The minimum atomic E-state index is 0. The number of hydrogen-bond donors (Lipinski definition) is 0.